The Bertz CT molecular complexity index is 796. The molecule has 21 heavy (non-hydrogen) atoms. The average Bonchev–Trinajstić information content (AvgIpc) is 2.93. The van der Waals surface area contributed by atoms with Crippen LogP contribution in [0, 0.1) is 6.92 Å². The zero-order valence-electron chi connectivity index (χ0n) is 11.3. The number of aryl methyl sites for hydroxylation is 1. The van der Waals surface area contributed by atoms with E-state index in [4.69, 9.17) is 5.11 Å². The quantitative estimate of drug-likeness (QED) is 0.796. The van der Waals surface area contributed by atoms with Crippen LogP contribution in [0.25, 0.3) is 17.1 Å². The van der Waals surface area contributed by atoms with Gasteiger partial charge in [-0.3, -0.25) is 4.98 Å². The maximum Gasteiger partial charge on any atom is 0.375 e. The minimum Gasteiger partial charge on any atom is -0.475 e. The normalized spacial score (nSPS) is 10.5. The minimum atomic E-state index is -1.16. The molecule has 0 fully saturated rings. The molecule has 0 spiro atoms. The Labute approximate surface area is 120 Å². The second-order valence-corrected chi connectivity index (χ2v) is 4.56. The van der Waals surface area contributed by atoms with Gasteiger partial charge in [-0.2, -0.15) is 0 Å². The van der Waals surface area contributed by atoms with Gasteiger partial charge >= 0.3 is 5.97 Å². The number of carboxylic acids is 1. The van der Waals surface area contributed by atoms with Crippen molar-refractivity contribution in [1.82, 2.24) is 19.7 Å². The van der Waals surface area contributed by atoms with Gasteiger partial charge in [-0.1, -0.05) is 30.3 Å². The molecule has 2 aromatic heterocycles. The number of carbonyl (C=O) groups is 1. The molecule has 0 aliphatic carbocycles. The molecule has 0 unspecified atom stereocenters. The van der Waals surface area contributed by atoms with E-state index in [0.29, 0.717) is 11.5 Å². The summed E-state index contributed by atoms with van der Waals surface area (Å²) in [6.07, 6.45) is 3.35. The van der Waals surface area contributed by atoms with Gasteiger partial charge in [-0.05, 0) is 18.6 Å². The van der Waals surface area contributed by atoms with Crippen LogP contribution in [0.1, 0.15) is 16.2 Å². The summed E-state index contributed by atoms with van der Waals surface area (Å²) in [5, 5.41) is 13.2. The molecular formula is C15H12N4O2. The Morgan fingerprint density at radius 2 is 1.95 bits per heavy atom. The average molecular weight is 280 g/mol. The highest BCUT2D eigenvalue weighted by Crippen LogP contribution is 2.21. The number of hydrogen-bond acceptors (Lipinski definition) is 4. The molecule has 0 aliphatic rings. The molecule has 0 saturated carbocycles. The van der Waals surface area contributed by atoms with E-state index >= 15 is 0 Å². The zero-order valence-corrected chi connectivity index (χ0v) is 11.3. The summed E-state index contributed by atoms with van der Waals surface area (Å²) in [5.74, 6) is -0.928. The SMILES string of the molecule is Cc1cncc(-n2nc(C(=O)O)nc2-c2ccccc2)c1. The van der Waals surface area contributed by atoms with Crippen molar-refractivity contribution in [2.24, 2.45) is 0 Å². The number of hydrogen-bond donors (Lipinski definition) is 1. The molecular weight excluding hydrogens is 268 g/mol. The van der Waals surface area contributed by atoms with Crippen molar-refractivity contribution in [3.63, 3.8) is 0 Å². The first kappa shape index (κ1) is 13.0. The summed E-state index contributed by atoms with van der Waals surface area (Å²) in [4.78, 5) is 19.4. The molecule has 0 amide bonds. The Kier molecular flexibility index (Phi) is 3.19. The molecule has 104 valence electrons. The van der Waals surface area contributed by atoms with E-state index in [1.165, 1.54) is 4.68 Å². The molecule has 6 heteroatoms. The van der Waals surface area contributed by atoms with E-state index in [1.807, 2.05) is 43.3 Å². The second-order valence-electron chi connectivity index (χ2n) is 4.56. The molecule has 0 saturated heterocycles. The first-order valence-electron chi connectivity index (χ1n) is 6.33. The van der Waals surface area contributed by atoms with Gasteiger partial charge < -0.3 is 5.11 Å². The number of carboxylic acid groups (broad SMARTS) is 1. The van der Waals surface area contributed by atoms with Crippen molar-refractivity contribution in [2.45, 2.75) is 6.92 Å². The predicted octanol–water partition coefficient (Wildman–Crippen LogP) is 2.34. The molecule has 6 nitrogen and oxygen atoms in total. The molecule has 3 aromatic rings. The van der Waals surface area contributed by atoms with E-state index in [-0.39, 0.29) is 5.82 Å². The molecule has 1 N–H and O–H groups in total. The second kappa shape index (κ2) is 5.16. The van der Waals surface area contributed by atoms with Gasteiger partial charge in [0.05, 0.1) is 11.9 Å². The lowest BCUT2D eigenvalue weighted by Gasteiger charge is -2.05. The zero-order chi connectivity index (χ0) is 14.8. The van der Waals surface area contributed by atoms with E-state index in [1.54, 1.807) is 12.4 Å². The van der Waals surface area contributed by atoms with Gasteiger partial charge in [-0.15, -0.1) is 5.10 Å². The molecule has 0 radical (unpaired) electrons. The van der Waals surface area contributed by atoms with E-state index in [2.05, 4.69) is 15.1 Å². The number of benzene rings is 1. The Morgan fingerprint density at radius 3 is 2.62 bits per heavy atom. The third kappa shape index (κ3) is 2.51. The summed E-state index contributed by atoms with van der Waals surface area (Å²) in [7, 11) is 0. The van der Waals surface area contributed by atoms with Gasteiger partial charge in [0, 0.05) is 11.8 Å². The maximum absolute atomic E-state index is 11.1. The van der Waals surface area contributed by atoms with Crippen LogP contribution < -0.4 is 0 Å². The van der Waals surface area contributed by atoms with E-state index in [0.717, 1.165) is 11.1 Å². The lowest BCUT2D eigenvalue weighted by Crippen LogP contribution is -2.03. The molecule has 0 bridgehead atoms. The fourth-order valence-corrected chi connectivity index (χ4v) is 2.01. The summed E-state index contributed by atoms with van der Waals surface area (Å²) in [6.45, 7) is 1.91. The van der Waals surface area contributed by atoms with Crippen molar-refractivity contribution in [2.75, 3.05) is 0 Å². The number of rotatable bonds is 3. The highest BCUT2D eigenvalue weighted by atomic mass is 16.4. The summed E-state index contributed by atoms with van der Waals surface area (Å²) < 4.78 is 1.50. The lowest BCUT2D eigenvalue weighted by molar-refractivity contribution is 0.0683. The first-order chi connectivity index (χ1) is 10.1. The first-order valence-corrected chi connectivity index (χ1v) is 6.33. The fourth-order valence-electron chi connectivity index (χ4n) is 2.01. The molecule has 0 atom stereocenters. The van der Waals surface area contributed by atoms with E-state index in [9.17, 15) is 4.79 Å². The fraction of sp³-hybridized carbons (Fsp3) is 0.0667. The van der Waals surface area contributed by atoms with Gasteiger partial charge in [0.2, 0.25) is 0 Å². The molecule has 3 rings (SSSR count). The standard InChI is InChI=1S/C15H12N4O2/c1-10-7-12(9-16-8-10)19-14(11-5-3-2-4-6-11)17-13(18-19)15(20)21/h2-9H,1H3,(H,20,21). The summed E-state index contributed by atoms with van der Waals surface area (Å²) >= 11 is 0. The van der Waals surface area contributed by atoms with E-state index < -0.39 is 5.97 Å². The number of aromatic carboxylic acids is 1. The van der Waals surface area contributed by atoms with Gasteiger partial charge in [-0.25, -0.2) is 14.5 Å². The van der Waals surface area contributed by atoms with Crippen molar-refractivity contribution >= 4 is 5.97 Å². The topological polar surface area (TPSA) is 80.9 Å². The highest BCUT2D eigenvalue weighted by molar-refractivity contribution is 5.84. The smallest absolute Gasteiger partial charge is 0.375 e. The van der Waals surface area contributed by atoms with Crippen molar-refractivity contribution in [3.8, 4) is 17.1 Å². The Morgan fingerprint density at radius 1 is 1.19 bits per heavy atom. The van der Waals surface area contributed by atoms with Gasteiger partial charge in [0.25, 0.3) is 5.82 Å². The highest BCUT2D eigenvalue weighted by Gasteiger charge is 2.17. The van der Waals surface area contributed by atoms with Crippen LogP contribution in [0.2, 0.25) is 0 Å². The summed E-state index contributed by atoms with van der Waals surface area (Å²) in [6, 6.07) is 11.2. The van der Waals surface area contributed by atoms with Gasteiger partial charge in [0.1, 0.15) is 0 Å². The van der Waals surface area contributed by atoms with Crippen molar-refractivity contribution in [1.29, 1.82) is 0 Å². The van der Waals surface area contributed by atoms with Crippen LogP contribution in [0.4, 0.5) is 0 Å². The maximum atomic E-state index is 11.1. The predicted molar refractivity (Wildman–Crippen MR) is 76.3 cm³/mol. The number of pyridine rings is 1. The molecule has 1 aromatic carbocycles. The van der Waals surface area contributed by atoms with Crippen LogP contribution in [-0.4, -0.2) is 30.8 Å². The van der Waals surface area contributed by atoms with Crippen LogP contribution in [0.5, 0.6) is 0 Å². The van der Waals surface area contributed by atoms with Crippen molar-refractivity contribution in [3.05, 3.63) is 60.2 Å². The van der Waals surface area contributed by atoms with Crippen LogP contribution in [0.3, 0.4) is 0 Å². The van der Waals surface area contributed by atoms with Crippen LogP contribution in [-0.2, 0) is 0 Å². The van der Waals surface area contributed by atoms with Crippen LogP contribution >= 0.6 is 0 Å². The Balaban J connectivity index is 2.21. The minimum absolute atomic E-state index is 0.240. The molecule has 0 aliphatic heterocycles. The third-order valence-electron chi connectivity index (χ3n) is 2.94. The molecule has 2 heterocycles. The number of aromatic nitrogens is 4. The summed E-state index contributed by atoms with van der Waals surface area (Å²) in [5.41, 5.74) is 2.42. The Hall–Kier alpha value is -3.02. The third-order valence-corrected chi connectivity index (χ3v) is 2.94. The lowest BCUT2D eigenvalue weighted by atomic mass is 10.2. The largest absolute Gasteiger partial charge is 0.475 e. The monoisotopic (exact) mass is 280 g/mol. The van der Waals surface area contributed by atoms with Crippen LogP contribution in [0.15, 0.2) is 48.8 Å². The number of nitrogens with zero attached hydrogens (tertiary/aromatic N) is 4. The van der Waals surface area contributed by atoms with Crippen molar-refractivity contribution < 1.29 is 9.90 Å². The van der Waals surface area contributed by atoms with Gasteiger partial charge in [0.15, 0.2) is 5.82 Å².